The van der Waals surface area contributed by atoms with Crippen molar-refractivity contribution in [2.75, 3.05) is 37.7 Å². The number of carbonyl (C=O) groups excluding carboxylic acids is 1. The number of hydrogen-bond donors (Lipinski definition) is 1. The second kappa shape index (κ2) is 9.82. The summed E-state index contributed by atoms with van der Waals surface area (Å²) in [4.78, 5) is 27.2. The topological polar surface area (TPSA) is 84.6 Å². The van der Waals surface area contributed by atoms with E-state index in [0.717, 1.165) is 74.4 Å². The normalized spacial score (nSPS) is 20.5. The van der Waals surface area contributed by atoms with Gasteiger partial charge < -0.3 is 20.3 Å². The van der Waals surface area contributed by atoms with Crippen LogP contribution < -0.4 is 10.6 Å². The summed E-state index contributed by atoms with van der Waals surface area (Å²) in [7, 11) is 0. The summed E-state index contributed by atoms with van der Waals surface area (Å²) in [6.07, 6.45) is 6.49. The molecule has 0 radical (unpaired) electrons. The lowest BCUT2D eigenvalue weighted by Gasteiger charge is -2.35. The van der Waals surface area contributed by atoms with Gasteiger partial charge in [0.05, 0.1) is 11.5 Å². The minimum atomic E-state index is -0.113. The molecule has 0 bridgehead atoms. The van der Waals surface area contributed by atoms with Crippen molar-refractivity contribution in [3.8, 4) is 0 Å². The zero-order chi connectivity index (χ0) is 18.6. The Kier molecular flexibility index (Phi) is 7.45. The second-order valence-corrected chi connectivity index (χ2v) is 8.12. The van der Waals surface area contributed by atoms with E-state index in [1.165, 1.54) is 0 Å². The fourth-order valence-corrected chi connectivity index (χ4v) is 4.80. The summed E-state index contributed by atoms with van der Waals surface area (Å²) in [5, 5.41) is 3.08. The number of aromatic nitrogens is 2. The molecule has 2 fully saturated rings. The first kappa shape index (κ1) is 21.2. The maximum atomic E-state index is 13.2. The number of nitrogens with two attached hydrogens (primary N) is 1. The molecule has 154 valence electrons. The van der Waals surface area contributed by atoms with Crippen LogP contribution >= 0.6 is 23.7 Å². The van der Waals surface area contributed by atoms with E-state index >= 15 is 0 Å². The molecule has 28 heavy (non-hydrogen) atoms. The van der Waals surface area contributed by atoms with E-state index in [2.05, 4.69) is 20.9 Å². The maximum absolute atomic E-state index is 13.2. The van der Waals surface area contributed by atoms with Gasteiger partial charge in [-0.3, -0.25) is 4.79 Å². The summed E-state index contributed by atoms with van der Waals surface area (Å²) in [6, 6.07) is 1.94. The molecule has 0 spiro atoms. The Morgan fingerprint density at radius 1 is 1.25 bits per heavy atom. The Bertz CT molecular complexity index is 781. The molecule has 4 heterocycles. The highest BCUT2D eigenvalue weighted by atomic mass is 35.5. The fraction of sp³-hybridized carbons (Fsp3) is 0.632. The van der Waals surface area contributed by atoms with Gasteiger partial charge in [-0.05, 0) is 50.1 Å². The lowest BCUT2D eigenvalue weighted by Crippen LogP contribution is -2.49. The van der Waals surface area contributed by atoms with Crippen molar-refractivity contribution in [1.29, 1.82) is 0 Å². The first-order valence-corrected chi connectivity index (χ1v) is 10.7. The van der Waals surface area contributed by atoms with E-state index in [-0.39, 0.29) is 30.5 Å². The highest BCUT2D eigenvalue weighted by Crippen LogP contribution is 2.32. The van der Waals surface area contributed by atoms with Crippen molar-refractivity contribution < 1.29 is 9.53 Å². The first-order valence-electron chi connectivity index (χ1n) is 9.83. The zero-order valence-corrected chi connectivity index (χ0v) is 17.6. The molecule has 2 aromatic rings. The summed E-state index contributed by atoms with van der Waals surface area (Å²) in [6.45, 7) is 3.80. The van der Waals surface area contributed by atoms with Crippen LogP contribution in [0.15, 0.2) is 17.8 Å². The average Bonchev–Trinajstić information content (AvgIpc) is 3.37. The minimum absolute atomic E-state index is 0. The van der Waals surface area contributed by atoms with Gasteiger partial charge in [0, 0.05) is 26.2 Å². The van der Waals surface area contributed by atoms with Crippen molar-refractivity contribution in [3.05, 3.63) is 17.8 Å². The number of ether oxygens (including phenoxy) is 1. The Labute approximate surface area is 175 Å². The fourth-order valence-electron chi connectivity index (χ4n) is 4.07. The Morgan fingerprint density at radius 3 is 2.86 bits per heavy atom. The van der Waals surface area contributed by atoms with E-state index in [4.69, 9.17) is 10.5 Å². The molecule has 4 rings (SSSR count). The first-order chi connectivity index (χ1) is 13.3. The van der Waals surface area contributed by atoms with E-state index in [1.807, 2.05) is 10.3 Å². The summed E-state index contributed by atoms with van der Waals surface area (Å²) in [5.41, 5.74) is 5.52. The highest BCUT2D eigenvalue weighted by Gasteiger charge is 2.36. The van der Waals surface area contributed by atoms with Crippen molar-refractivity contribution in [2.24, 2.45) is 5.73 Å². The van der Waals surface area contributed by atoms with Crippen LogP contribution in [0.1, 0.15) is 32.1 Å². The summed E-state index contributed by atoms with van der Waals surface area (Å²) in [5.74, 6) is 1.13. The lowest BCUT2D eigenvalue weighted by molar-refractivity contribution is -0.135. The molecular weight excluding hydrogens is 398 g/mol. The smallest absolute Gasteiger partial charge is 0.245 e. The van der Waals surface area contributed by atoms with Crippen LogP contribution in [0.3, 0.4) is 0 Å². The van der Waals surface area contributed by atoms with Gasteiger partial charge in [-0.1, -0.05) is 0 Å². The van der Waals surface area contributed by atoms with Crippen LogP contribution in [-0.2, 0) is 9.53 Å². The van der Waals surface area contributed by atoms with Crippen LogP contribution in [0.4, 0.5) is 5.82 Å². The molecule has 2 aliphatic heterocycles. The molecule has 7 nitrogen and oxygen atoms in total. The Morgan fingerprint density at radius 2 is 2.07 bits per heavy atom. The molecule has 9 heteroatoms. The molecule has 1 unspecified atom stereocenters. The van der Waals surface area contributed by atoms with Gasteiger partial charge in [0.15, 0.2) is 0 Å². The van der Waals surface area contributed by atoms with Gasteiger partial charge in [-0.15, -0.1) is 23.7 Å². The van der Waals surface area contributed by atoms with Crippen LogP contribution in [-0.4, -0.2) is 65.7 Å². The van der Waals surface area contributed by atoms with Gasteiger partial charge in [0.2, 0.25) is 5.91 Å². The number of fused-ring (bicyclic) bond motifs is 1. The number of nitrogens with zero attached hydrogens (tertiary/aromatic N) is 4. The predicted octanol–water partition coefficient (Wildman–Crippen LogP) is 2.44. The minimum Gasteiger partial charge on any atom is -0.378 e. The van der Waals surface area contributed by atoms with E-state index in [1.54, 1.807) is 17.7 Å². The van der Waals surface area contributed by atoms with Crippen LogP contribution in [0.2, 0.25) is 0 Å². The van der Waals surface area contributed by atoms with Crippen LogP contribution in [0, 0.1) is 0 Å². The molecule has 2 saturated heterocycles. The molecule has 1 atom stereocenters. The standard InChI is InChI=1S/C19H27N5O2S.ClH/c20-7-2-11-26-14-4-9-23(10-5-14)19(25)16-3-1-8-24(16)17-15-6-12-27-18(15)22-13-21-17;/h6,12-14,16H,1-5,7-11,20H2;1H. The van der Waals surface area contributed by atoms with Gasteiger partial charge in [0.1, 0.15) is 23.0 Å². The third-order valence-electron chi connectivity index (χ3n) is 5.51. The third kappa shape index (κ3) is 4.40. The average molecular weight is 426 g/mol. The van der Waals surface area contributed by atoms with Crippen molar-refractivity contribution in [2.45, 2.75) is 44.2 Å². The van der Waals surface area contributed by atoms with Crippen LogP contribution in [0.25, 0.3) is 10.2 Å². The number of piperidine rings is 1. The van der Waals surface area contributed by atoms with E-state index < -0.39 is 0 Å². The van der Waals surface area contributed by atoms with Crippen LogP contribution in [0.5, 0.6) is 0 Å². The highest BCUT2D eigenvalue weighted by molar-refractivity contribution is 7.16. The number of rotatable bonds is 6. The van der Waals surface area contributed by atoms with Gasteiger partial charge in [0.25, 0.3) is 0 Å². The molecule has 2 aliphatic rings. The number of anilines is 1. The number of thiophene rings is 1. The second-order valence-electron chi connectivity index (χ2n) is 7.23. The quantitative estimate of drug-likeness (QED) is 0.715. The number of carbonyl (C=O) groups is 1. The van der Waals surface area contributed by atoms with Gasteiger partial charge >= 0.3 is 0 Å². The van der Waals surface area contributed by atoms with Crippen molar-refractivity contribution in [1.82, 2.24) is 14.9 Å². The lowest BCUT2D eigenvalue weighted by atomic mass is 10.1. The summed E-state index contributed by atoms with van der Waals surface area (Å²) < 4.78 is 5.86. The largest absolute Gasteiger partial charge is 0.378 e. The molecule has 0 saturated carbocycles. The number of likely N-dealkylation sites (tertiary alicyclic amines) is 1. The predicted molar refractivity (Wildman–Crippen MR) is 114 cm³/mol. The van der Waals surface area contributed by atoms with Gasteiger partial charge in [-0.25, -0.2) is 9.97 Å². The monoisotopic (exact) mass is 425 g/mol. The molecule has 2 aromatic heterocycles. The number of hydrogen-bond acceptors (Lipinski definition) is 7. The Balaban J connectivity index is 0.00000225. The number of amides is 1. The third-order valence-corrected chi connectivity index (χ3v) is 6.33. The Hall–Kier alpha value is -1.48. The number of halogens is 1. The van der Waals surface area contributed by atoms with Crippen molar-refractivity contribution in [3.63, 3.8) is 0 Å². The van der Waals surface area contributed by atoms with E-state index in [0.29, 0.717) is 6.54 Å². The maximum Gasteiger partial charge on any atom is 0.245 e. The summed E-state index contributed by atoms with van der Waals surface area (Å²) >= 11 is 1.61. The molecule has 0 aliphatic carbocycles. The molecule has 2 N–H and O–H groups in total. The van der Waals surface area contributed by atoms with Gasteiger partial charge in [-0.2, -0.15) is 0 Å². The molecule has 1 amide bonds. The molecular formula is C19H28ClN5O2S. The zero-order valence-electron chi connectivity index (χ0n) is 16.0. The molecule has 0 aromatic carbocycles. The van der Waals surface area contributed by atoms with E-state index in [9.17, 15) is 4.79 Å². The van der Waals surface area contributed by atoms with Crippen molar-refractivity contribution >= 4 is 45.7 Å². The SMILES string of the molecule is Cl.NCCCOC1CCN(C(=O)C2CCCN2c2ncnc3sccc23)CC1.